The molecule has 2 rings (SSSR count). The van der Waals surface area contributed by atoms with E-state index in [1.807, 2.05) is 19.9 Å². The van der Waals surface area contributed by atoms with E-state index in [1.54, 1.807) is 12.1 Å². The van der Waals surface area contributed by atoms with Gasteiger partial charge in [0.25, 0.3) is 0 Å². The van der Waals surface area contributed by atoms with Crippen molar-refractivity contribution in [3.05, 3.63) is 59.2 Å². The highest BCUT2D eigenvalue weighted by Crippen LogP contribution is 2.24. The minimum absolute atomic E-state index is 0.182. The van der Waals surface area contributed by atoms with Crippen LogP contribution >= 0.6 is 0 Å². The van der Waals surface area contributed by atoms with Gasteiger partial charge in [-0.1, -0.05) is 6.07 Å². The Bertz CT molecular complexity index is 812. The number of carbonyl (C=O) groups excluding carboxylic acids is 2. The first-order valence-corrected chi connectivity index (χ1v) is 7.76. The zero-order valence-electron chi connectivity index (χ0n) is 14.5. The van der Waals surface area contributed by atoms with Gasteiger partial charge in [0.15, 0.2) is 0 Å². The van der Waals surface area contributed by atoms with Crippen LogP contribution in [0.2, 0.25) is 0 Å². The van der Waals surface area contributed by atoms with Crippen LogP contribution in [0.3, 0.4) is 0 Å². The van der Waals surface area contributed by atoms with Crippen molar-refractivity contribution in [1.82, 2.24) is 0 Å². The topological polar surface area (TPSA) is 58.2 Å². The molecule has 0 spiro atoms. The average Bonchev–Trinajstić information content (AvgIpc) is 2.48. The molecule has 0 saturated carbocycles. The summed E-state index contributed by atoms with van der Waals surface area (Å²) < 4.78 is 26.6. The molecule has 132 valence electrons. The number of carbonyl (C=O) groups is 2. The molecule has 0 atom stereocenters. The number of amides is 2. The van der Waals surface area contributed by atoms with Crippen LogP contribution in [-0.4, -0.2) is 11.8 Å². The number of hydrogen-bond donors (Lipinski definition) is 2. The molecule has 2 amide bonds. The third-order valence-electron chi connectivity index (χ3n) is 3.79. The maximum atomic E-state index is 13.7. The molecule has 0 fully saturated rings. The molecular formula is C19H20F2N2O2. The summed E-state index contributed by atoms with van der Waals surface area (Å²) in [6.45, 7) is 6.67. The first-order chi connectivity index (χ1) is 11.6. The standard InChI is InChI=1S/C19H20F2N2O2/c1-11-7-12(2)9-14(8-11)22-17(24)19(3,4)18(25)23-16-6-5-13(20)10-15(16)21/h5-10H,1-4H3,(H,22,24)(H,23,25). The second-order valence-electron chi connectivity index (χ2n) is 6.53. The highest BCUT2D eigenvalue weighted by Gasteiger charge is 2.36. The van der Waals surface area contributed by atoms with Crippen molar-refractivity contribution >= 4 is 23.2 Å². The molecule has 0 aliphatic rings. The Labute approximate surface area is 145 Å². The first kappa shape index (κ1) is 18.6. The molecular weight excluding hydrogens is 326 g/mol. The SMILES string of the molecule is Cc1cc(C)cc(NC(=O)C(C)(C)C(=O)Nc2ccc(F)cc2F)c1. The quantitative estimate of drug-likeness (QED) is 0.816. The van der Waals surface area contributed by atoms with Crippen molar-refractivity contribution in [2.75, 3.05) is 10.6 Å². The van der Waals surface area contributed by atoms with Crippen molar-refractivity contribution < 1.29 is 18.4 Å². The molecule has 0 radical (unpaired) electrons. The number of benzene rings is 2. The molecule has 0 unspecified atom stereocenters. The van der Waals surface area contributed by atoms with E-state index in [4.69, 9.17) is 0 Å². The van der Waals surface area contributed by atoms with Crippen molar-refractivity contribution in [3.63, 3.8) is 0 Å². The smallest absolute Gasteiger partial charge is 0.239 e. The van der Waals surface area contributed by atoms with E-state index in [0.717, 1.165) is 23.3 Å². The predicted octanol–water partition coefficient (Wildman–Crippen LogP) is 4.19. The highest BCUT2D eigenvalue weighted by atomic mass is 19.1. The van der Waals surface area contributed by atoms with Crippen LogP contribution in [0.15, 0.2) is 36.4 Å². The van der Waals surface area contributed by atoms with Crippen LogP contribution < -0.4 is 10.6 Å². The van der Waals surface area contributed by atoms with Gasteiger partial charge in [0, 0.05) is 11.8 Å². The summed E-state index contributed by atoms with van der Waals surface area (Å²) >= 11 is 0. The Morgan fingerprint density at radius 2 is 1.44 bits per heavy atom. The van der Waals surface area contributed by atoms with Crippen molar-refractivity contribution in [1.29, 1.82) is 0 Å². The van der Waals surface area contributed by atoms with Gasteiger partial charge in [0.05, 0.1) is 5.69 Å². The molecule has 2 N–H and O–H groups in total. The molecule has 0 heterocycles. The number of rotatable bonds is 4. The third kappa shape index (κ3) is 4.41. The summed E-state index contributed by atoms with van der Waals surface area (Å²) in [5.74, 6) is -2.88. The molecule has 4 nitrogen and oxygen atoms in total. The molecule has 25 heavy (non-hydrogen) atoms. The minimum Gasteiger partial charge on any atom is -0.325 e. The zero-order chi connectivity index (χ0) is 18.8. The number of aryl methyl sites for hydroxylation is 2. The van der Waals surface area contributed by atoms with Crippen LogP contribution in [0.25, 0.3) is 0 Å². The summed E-state index contributed by atoms with van der Waals surface area (Å²) in [4.78, 5) is 24.9. The fourth-order valence-electron chi connectivity index (χ4n) is 2.31. The number of anilines is 2. The van der Waals surface area contributed by atoms with Crippen molar-refractivity contribution in [2.45, 2.75) is 27.7 Å². The summed E-state index contributed by atoms with van der Waals surface area (Å²) in [5.41, 5.74) is 0.894. The fourth-order valence-corrected chi connectivity index (χ4v) is 2.31. The Morgan fingerprint density at radius 1 is 0.880 bits per heavy atom. The Balaban J connectivity index is 2.15. The normalized spacial score (nSPS) is 11.1. The lowest BCUT2D eigenvalue weighted by Gasteiger charge is -2.23. The first-order valence-electron chi connectivity index (χ1n) is 7.76. The van der Waals surface area contributed by atoms with Crippen molar-refractivity contribution in [2.24, 2.45) is 5.41 Å². The molecule has 0 saturated heterocycles. The minimum atomic E-state index is -1.46. The van der Waals surface area contributed by atoms with Crippen molar-refractivity contribution in [3.8, 4) is 0 Å². The second-order valence-corrected chi connectivity index (χ2v) is 6.53. The van der Waals surface area contributed by atoms with Gasteiger partial charge in [-0.2, -0.15) is 0 Å². The lowest BCUT2D eigenvalue weighted by atomic mass is 9.90. The highest BCUT2D eigenvalue weighted by molar-refractivity contribution is 6.14. The molecule has 0 aliphatic heterocycles. The van der Waals surface area contributed by atoms with E-state index in [1.165, 1.54) is 13.8 Å². The largest absolute Gasteiger partial charge is 0.325 e. The molecule has 2 aromatic rings. The lowest BCUT2D eigenvalue weighted by molar-refractivity contribution is -0.135. The summed E-state index contributed by atoms with van der Waals surface area (Å²) in [7, 11) is 0. The number of nitrogens with one attached hydrogen (secondary N) is 2. The van der Waals surface area contributed by atoms with Crippen LogP contribution in [0.4, 0.5) is 20.2 Å². The average molecular weight is 346 g/mol. The summed E-state index contributed by atoms with van der Waals surface area (Å²) in [6.07, 6.45) is 0. The van der Waals surface area contributed by atoms with Gasteiger partial charge in [-0.25, -0.2) is 8.78 Å². The lowest BCUT2D eigenvalue weighted by Crippen LogP contribution is -2.41. The van der Waals surface area contributed by atoms with E-state index < -0.39 is 28.9 Å². The monoisotopic (exact) mass is 346 g/mol. The Kier molecular flexibility index (Phi) is 5.21. The van der Waals surface area contributed by atoms with Gasteiger partial charge >= 0.3 is 0 Å². The van der Waals surface area contributed by atoms with Gasteiger partial charge in [-0.05, 0) is 63.1 Å². The van der Waals surface area contributed by atoms with E-state index in [-0.39, 0.29) is 5.69 Å². The van der Waals surface area contributed by atoms with E-state index in [2.05, 4.69) is 10.6 Å². The van der Waals surface area contributed by atoms with E-state index in [0.29, 0.717) is 11.8 Å². The molecule has 0 bridgehead atoms. The van der Waals surface area contributed by atoms with Gasteiger partial charge < -0.3 is 10.6 Å². The summed E-state index contributed by atoms with van der Waals surface area (Å²) in [6, 6.07) is 8.35. The van der Waals surface area contributed by atoms with Crippen LogP contribution in [0, 0.1) is 30.9 Å². The number of halogens is 2. The third-order valence-corrected chi connectivity index (χ3v) is 3.79. The fraction of sp³-hybridized carbons (Fsp3) is 0.263. The maximum absolute atomic E-state index is 13.7. The van der Waals surface area contributed by atoms with Crippen LogP contribution in [-0.2, 0) is 9.59 Å². The van der Waals surface area contributed by atoms with E-state index in [9.17, 15) is 18.4 Å². The molecule has 0 aliphatic carbocycles. The maximum Gasteiger partial charge on any atom is 0.239 e. The van der Waals surface area contributed by atoms with Crippen LogP contribution in [0.1, 0.15) is 25.0 Å². The molecule has 6 heteroatoms. The van der Waals surface area contributed by atoms with Crippen LogP contribution in [0.5, 0.6) is 0 Å². The predicted molar refractivity (Wildman–Crippen MR) is 93.3 cm³/mol. The van der Waals surface area contributed by atoms with Gasteiger partial charge in [0.2, 0.25) is 11.8 Å². The Morgan fingerprint density at radius 3 is 2.00 bits per heavy atom. The van der Waals surface area contributed by atoms with Gasteiger partial charge in [-0.3, -0.25) is 9.59 Å². The Hall–Kier alpha value is -2.76. The van der Waals surface area contributed by atoms with E-state index >= 15 is 0 Å². The molecule has 2 aromatic carbocycles. The van der Waals surface area contributed by atoms with Gasteiger partial charge in [-0.15, -0.1) is 0 Å². The second kappa shape index (κ2) is 7.01. The summed E-state index contributed by atoms with van der Waals surface area (Å²) in [5, 5.41) is 5.03. The number of hydrogen-bond acceptors (Lipinski definition) is 2. The van der Waals surface area contributed by atoms with Gasteiger partial charge in [0.1, 0.15) is 17.0 Å². The zero-order valence-corrected chi connectivity index (χ0v) is 14.5. The molecule has 0 aromatic heterocycles.